The largest absolute Gasteiger partial charge is 0.339 e. The molecule has 0 unspecified atom stereocenters. The number of piperazine rings is 1. The molecule has 1 aromatic carbocycles. The molecule has 1 aliphatic heterocycles. The zero-order valence-corrected chi connectivity index (χ0v) is 12.8. The van der Waals surface area contributed by atoms with Gasteiger partial charge in [-0.25, -0.2) is 0 Å². The van der Waals surface area contributed by atoms with E-state index in [9.17, 15) is 9.59 Å². The third-order valence-corrected chi connectivity index (χ3v) is 3.83. The summed E-state index contributed by atoms with van der Waals surface area (Å²) < 4.78 is 0. The summed E-state index contributed by atoms with van der Waals surface area (Å²) in [4.78, 5) is 28.2. The van der Waals surface area contributed by atoms with E-state index in [1.165, 1.54) is 0 Å². The highest BCUT2D eigenvalue weighted by Gasteiger charge is 2.18. The van der Waals surface area contributed by atoms with Gasteiger partial charge in [-0.2, -0.15) is 0 Å². The lowest BCUT2D eigenvalue weighted by Crippen LogP contribution is -2.46. The molecule has 21 heavy (non-hydrogen) atoms. The molecule has 1 heterocycles. The molecule has 1 aromatic rings. The Hall–Kier alpha value is -1.88. The van der Waals surface area contributed by atoms with Gasteiger partial charge in [0.1, 0.15) is 0 Å². The SMILES string of the molecule is CCN(CC)C(=O)c1ccc(C(=O)N2CCNCC2)cc1. The molecule has 0 aromatic heterocycles. The number of carbonyl (C=O) groups excluding carboxylic acids is 2. The Morgan fingerprint density at radius 2 is 1.57 bits per heavy atom. The molecule has 0 aliphatic carbocycles. The number of rotatable bonds is 4. The van der Waals surface area contributed by atoms with Gasteiger partial charge in [-0.15, -0.1) is 0 Å². The first-order chi connectivity index (χ1) is 10.2. The van der Waals surface area contributed by atoms with Gasteiger partial charge < -0.3 is 15.1 Å². The van der Waals surface area contributed by atoms with Crippen molar-refractivity contribution >= 4 is 11.8 Å². The van der Waals surface area contributed by atoms with Crippen LogP contribution in [0.3, 0.4) is 0 Å². The summed E-state index contributed by atoms with van der Waals surface area (Å²) in [6.07, 6.45) is 0. The highest BCUT2D eigenvalue weighted by molar-refractivity contribution is 5.97. The van der Waals surface area contributed by atoms with Gasteiger partial charge in [0.05, 0.1) is 0 Å². The molecule has 2 rings (SSSR count). The molecule has 0 spiro atoms. The highest BCUT2D eigenvalue weighted by Crippen LogP contribution is 2.10. The fourth-order valence-corrected chi connectivity index (χ4v) is 2.50. The van der Waals surface area contributed by atoms with E-state index in [2.05, 4.69) is 5.32 Å². The number of carbonyl (C=O) groups is 2. The van der Waals surface area contributed by atoms with Crippen LogP contribution < -0.4 is 5.32 Å². The van der Waals surface area contributed by atoms with E-state index in [1.807, 2.05) is 18.7 Å². The Labute approximate surface area is 125 Å². The van der Waals surface area contributed by atoms with Crippen LogP contribution in [0.1, 0.15) is 34.6 Å². The van der Waals surface area contributed by atoms with Crippen molar-refractivity contribution in [1.82, 2.24) is 15.1 Å². The van der Waals surface area contributed by atoms with Gasteiger partial charge in [0.25, 0.3) is 11.8 Å². The van der Waals surface area contributed by atoms with Gasteiger partial charge in [0, 0.05) is 50.4 Å². The van der Waals surface area contributed by atoms with Crippen LogP contribution in [-0.4, -0.2) is 60.9 Å². The summed E-state index contributed by atoms with van der Waals surface area (Å²) in [7, 11) is 0. The molecule has 0 radical (unpaired) electrons. The van der Waals surface area contributed by atoms with Gasteiger partial charge in [0.2, 0.25) is 0 Å². The van der Waals surface area contributed by atoms with Gasteiger partial charge in [0.15, 0.2) is 0 Å². The minimum absolute atomic E-state index is 0.0150. The monoisotopic (exact) mass is 289 g/mol. The minimum atomic E-state index is 0.0150. The Bertz CT molecular complexity index is 489. The Morgan fingerprint density at radius 1 is 1.05 bits per heavy atom. The molecule has 5 heteroatoms. The maximum atomic E-state index is 12.3. The van der Waals surface area contributed by atoms with Crippen LogP contribution in [0, 0.1) is 0 Å². The number of hydrogen-bond donors (Lipinski definition) is 1. The van der Waals surface area contributed by atoms with Crippen molar-refractivity contribution in [2.45, 2.75) is 13.8 Å². The smallest absolute Gasteiger partial charge is 0.253 e. The summed E-state index contributed by atoms with van der Waals surface area (Å²) in [5.74, 6) is 0.0551. The van der Waals surface area contributed by atoms with E-state index in [0.29, 0.717) is 24.2 Å². The molecule has 1 N–H and O–H groups in total. The lowest BCUT2D eigenvalue weighted by Gasteiger charge is -2.27. The quantitative estimate of drug-likeness (QED) is 0.906. The zero-order valence-electron chi connectivity index (χ0n) is 12.8. The molecule has 2 amide bonds. The summed E-state index contributed by atoms with van der Waals surface area (Å²) in [5.41, 5.74) is 1.28. The number of benzene rings is 1. The minimum Gasteiger partial charge on any atom is -0.339 e. The molecule has 1 fully saturated rings. The van der Waals surface area contributed by atoms with E-state index >= 15 is 0 Å². The first-order valence-corrected chi connectivity index (χ1v) is 7.56. The summed E-state index contributed by atoms with van der Waals surface area (Å²) in [5, 5.41) is 3.23. The van der Waals surface area contributed by atoms with Crippen LogP contribution in [0.4, 0.5) is 0 Å². The molecular weight excluding hydrogens is 266 g/mol. The van der Waals surface area contributed by atoms with E-state index < -0.39 is 0 Å². The maximum Gasteiger partial charge on any atom is 0.253 e. The molecule has 0 saturated carbocycles. The topological polar surface area (TPSA) is 52.7 Å². The Balaban J connectivity index is 2.07. The van der Waals surface area contributed by atoms with Crippen LogP contribution in [0.15, 0.2) is 24.3 Å². The van der Waals surface area contributed by atoms with Crippen molar-refractivity contribution in [3.05, 3.63) is 35.4 Å². The number of hydrogen-bond acceptors (Lipinski definition) is 3. The summed E-state index contributed by atoms with van der Waals surface area (Å²) >= 11 is 0. The fraction of sp³-hybridized carbons (Fsp3) is 0.500. The van der Waals surface area contributed by atoms with Crippen LogP contribution in [0.25, 0.3) is 0 Å². The van der Waals surface area contributed by atoms with Crippen molar-refractivity contribution in [3.63, 3.8) is 0 Å². The van der Waals surface area contributed by atoms with E-state index in [-0.39, 0.29) is 11.8 Å². The standard InChI is InChI=1S/C16H23N3O2/c1-3-18(4-2)15(20)13-5-7-14(8-6-13)16(21)19-11-9-17-10-12-19/h5-8,17H,3-4,9-12H2,1-2H3. The Morgan fingerprint density at radius 3 is 2.10 bits per heavy atom. The second-order valence-corrected chi connectivity index (χ2v) is 5.10. The van der Waals surface area contributed by atoms with Crippen molar-refractivity contribution in [3.8, 4) is 0 Å². The maximum absolute atomic E-state index is 12.3. The second kappa shape index (κ2) is 7.22. The second-order valence-electron chi connectivity index (χ2n) is 5.10. The van der Waals surface area contributed by atoms with Gasteiger partial charge in [-0.3, -0.25) is 9.59 Å². The lowest BCUT2D eigenvalue weighted by atomic mass is 10.1. The third-order valence-electron chi connectivity index (χ3n) is 3.83. The molecule has 0 bridgehead atoms. The normalized spacial score (nSPS) is 14.9. The first kappa shape index (κ1) is 15.5. The summed E-state index contributed by atoms with van der Waals surface area (Å²) in [6, 6.07) is 6.99. The average Bonchev–Trinajstić information content (AvgIpc) is 2.56. The molecule has 1 saturated heterocycles. The van der Waals surface area contributed by atoms with Crippen LogP contribution in [0.2, 0.25) is 0 Å². The van der Waals surface area contributed by atoms with Crippen LogP contribution in [-0.2, 0) is 0 Å². The molecular formula is C16H23N3O2. The van der Waals surface area contributed by atoms with E-state index in [0.717, 1.165) is 26.2 Å². The van der Waals surface area contributed by atoms with Gasteiger partial charge >= 0.3 is 0 Å². The predicted molar refractivity (Wildman–Crippen MR) is 82.5 cm³/mol. The van der Waals surface area contributed by atoms with Crippen molar-refractivity contribution < 1.29 is 9.59 Å². The number of amides is 2. The Kier molecular flexibility index (Phi) is 5.33. The van der Waals surface area contributed by atoms with Crippen molar-refractivity contribution in [2.75, 3.05) is 39.3 Å². The van der Waals surface area contributed by atoms with Crippen molar-refractivity contribution in [1.29, 1.82) is 0 Å². The number of nitrogens with zero attached hydrogens (tertiary/aromatic N) is 2. The molecule has 1 aliphatic rings. The molecule has 0 atom stereocenters. The van der Waals surface area contributed by atoms with Gasteiger partial charge in [-0.1, -0.05) is 0 Å². The average molecular weight is 289 g/mol. The molecule has 114 valence electrons. The van der Waals surface area contributed by atoms with Crippen molar-refractivity contribution in [2.24, 2.45) is 0 Å². The lowest BCUT2D eigenvalue weighted by molar-refractivity contribution is 0.0732. The predicted octanol–water partition coefficient (Wildman–Crippen LogP) is 1.21. The number of nitrogens with one attached hydrogen (secondary N) is 1. The highest BCUT2D eigenvalue weighted by atomic mass is 16.2. The van der Waals surface area contributed by atoms with E-state index in [4.69, 9.17) is 0 Å². The third kappa shape index (κ3) is 3.61. The molecule has 5 nitrogen and oxygen atoms in total. The van der Waals surface area contributed by atoms with E-state index in [1.54, 1.807) is 29.2 Å². The van der Waals surface area contributed by atoms with Crippen LogP contribution in [0.5, 0.6) is 0 Å². The van der Waals surface area contributed by atoms with Crippen LogP contribution >= 0.6 is 0 Å². The first-order valence-electron chi connectivity index (χ1n) is 7.56. The van der Waals surface area contributed by atoms with Gasteiger partial charge in [-0.05, 0) is 38.1 Å². The zero-order chi connectivity index (χ0) is 15.2. The fourth-order valence-electron chi connectivity index (χ4n) is 2.50. The summed E-state index contributed by atoms with van der Waals surface area (Å²) in [6.45, 7) is 8.45.